The lowest BCUT2D eigenvalue weighted by atomic mass is 10.1. The monoisotopic (exact) mass is 397 g/mol. The van der Waals surface area contributed by atoms with Crippen LogP contribution in [0.1, 0.15) is 43.5 Å². The minimum Gasteiger partial charge on any atom is -0.338 e. The maximum Gasteiger partial charge on any atom is 0.253 e. The van der Waals surface area contributed by atoms with E-state index in [9.17, 15) is 13.2 Å². The van der Waals surface area contributed by atoms with E-state index < -0.39 is 10.0 Å². The molecule has 0 aromatic heterocycles. The topological polar surface area (TPSA) is 81.5 Å². The van der Waals surface area contributed by atoms with Crippen molar-refractivity contribution in [3.05, 3.63) is 28.8 Å². The van der Waals surface area contributed by atoms with E-state index in [1.165, 1.54) is 27.4 Å². The Kier molecular flexibility index (Phi) is 7.04. The van der Waals surface area contributed by atoms with Gasteiger partial charge in [-0.3, -0.25) is 4.79 Å². The van der Waals surface area contributed by atoms with Gasteiger partial charge in [0.25, 0.3) is 5.91 Å². The van der Waals surface area contributed by atoms with Gasteiger partial charge in [-0.05, 0) is 44.9 Å². The molecule has 1 aliphatic rings. The van der Waals surface area contributed by atoms with E-state index in [1.54, 1.807) is 6.92 Å². The standard InChI is InChI=1S/C18H24ClN3O3S/c1-3-21(13-14(2)12-20)18(23)15-7-8-16(19)17(11-15)26(24,25)22-9-5-4-6-10-22/h7-8,11,14H,3-6,9-10,13H2,1-2H3. The third-order valence-electron chi connectivity index (χ3n) is 4.49. The van der Waals surface area contributed by atoms with E-state index in [4.69, 9.17) is 16.9 Å². The molecule has 0 aliphatic carbocycles. The first kappa shape index (κ1) is 20.7. The summed E-state index contributed by atoms with van der Waals surface area (Å²) in [6.45, 7) is 5.23. The van der Waals surface area contributed by atoms with Gasteiger partial charge < -0.3 is 4.90 Å². The number of sulfonamides is 1. The Labute approximate surface area is 160 Å². The third kappa shape index (κ3) is 4.56. The average molecular weight is 398 g/mol. The Morgan fingerprint density at radius 1 is 1.35 bits per heavy atom. The summed E-state index contributed by atoms with van der Waals surface area (Å²) in [6, 6.07) is 6.44. The van der Waals surface area contributed by atoms with Crippen LogP contribution in [0.25, 0.3) is 0 Å². The van der Waals surface area contributed by atoms with Crippen molar-refractivity contribution in [2.24, 2.45) is 5.92 Å². The molecule has 1 fully saturated rings. The van der Waals surface area contributed by atoms with Crippen LogP contribution in [-0.2, 0) is 10.0 Å². The van der Waals surface area contributed by atoms with E-state index in [2.05, 4.69) is 6.07 Å². The fourth-order valence-electron chi connectivity index (χ4n) is 2.99. The first-order valence-corrected chi connectivity index (χ1v) is 10.6. The highest BCUT2D eigenvalue weighted by molar-refractivity contribution is 7.89. The number of benzene rings is 1. The highest BCUT2D eigenvalue weighted by Gasteiger charge is 2.29. The van der Waals surface area contributed by atoms with Crippen LogP contribution in [0.4, 0.5) is 0 Å². The molecule has 0 saturated carbocycles. The van der Waals surface area contributed by atoms with Gasteiger partial charge >= 0.3 is 0 Å². The smallest absolute Gasteiger partial charge is 0.253 e. The minimum atomic E-state index is -3.73. The molecule has 1 aromatic rings. The molecule has 1 atom stereocenters. The van der Waals surface area contributed by atoms with Crippen LogP contribution < -0.4 is 0 Å². The number of hydrogen-bond acceptors (Lipinski definition) is 4. The van der Waals surface area contributed by atoms with Gasteiger partial charge in [-0.1, -0.05) is 18.0 Å². The second-order valence-corrected chi connectivity index (χ2v) is 8.80. The molecular weight excluding hydrogens is 374 g/mol. The molecule has 8 heteroatoms. The van der Waals surface area contributed by atoms with Gasteiger partial charge in [0.1, 0.15) is 4.90 Å². The summed E-state index contributed by atoms with van der Waals surface area (Å²) in [5.74, 6) is -0.607. The first-order chi connectivity index (χ1) is 12.3. The molecule has 2 rings (SSSR count). The third-order valence-corrected chi connectivity index (χ3v) is 6.87. The largest absolute Gasteiger partial charge is 0.338 e. The molecule has 1 saturated heterocycles. The minimum absolute atomic E-state index is 0.0312. The summed E-state index contributed by atoms with van der Waals surface area (Å²) >= 11 is 6.15. The fourth-order valence-corrected chi connectivity index (χ4v) is 5.01. The van der Waals surface area contributed by atoms with E-state index in [0.717, 1.165) is 19.3 Å². The van der Waals surface area contributed by atoms with Crippen LogP contribution in [0.5, 0.6) is 0 Å². The number of nitriles is 1. The second kappa shape index (κ2) is 8.85. The Morgan fingerprint density at radius 3 is 2.58 bits per heavy atom. The maximum atomic E-state index is 12.9. The van der Waals surface area contributed by atoms with Crippen molar-refractivity contribution in [1.29, 1.82) is 5.26 Å². The predicted molar refractivity (Wildman–Crippen MR) is 100 cm³/mol. The van der Waals surface area contributed by atoms with E-state index in [-0.39, 0.29) is 27.3 Å². The Bertz CT molecular complexity index is 798. The number of amides is 1. The number of carbonyl (C=O) groups is 1. The predicted octanol–water partition coefficient (Wildman–Crippen LogP) is 3.14. The number of rotatable bonds is 6. The highest BCUT2D eigenvalue weighted by atomic mass is 35.5. The van der Waals surface area contributed by atoms with Crippen molar-refractivity contribution < 1.29 is 13.2 Å². The fraction of sp³-hybridized carbons (Fsp3) is 0.556. The van der Waals surface area contributed by atoms with Crippen molar-refractivity contribution in [2.75, 3.05) is 26.2 Å². The zero-order valence-electron chi connectivity index (χ0n) is 15.1. The SMILES string of the molecule is CCN(CC(C)C#N)C(=O)c1ccc(Cl)c(S(=O)(=O)N2CCCCC2)c1. The van der Waals surface area contributed by atoms with Gasteiger partial charge in [0.05, 0.1) is 17.0 Å². The zero-order valence-corrected chi connectivity index (χ0v) is 16.7. The Hall–Kier alpha value is -1.62. The summed E-state index contributed by atoms with van der Waals surface area (Å²) in [5.41, 5.74) is 0.261. The highest BCUT2D eigenvalue weighted by Crippen LogP contribution is 2.28. The number of hydrogen-bond donors (Lipinski definition) is 0. The molecule has 0 N–H and O–H groups in total. The molecule has 1 unspecified atom stereocenters. The molecule has 1 amide bonds. The molecule has 1 aliphatic heterocycles. The molecule has 0 spiro atoms. The van der Waals surface area contributed by atoms with Gasteiger partial charge in [0.2, 0.25) is 10.0 Å². The number of nitrogens with zero attached hydrogens (tertiary/aromatic N) is 3. The number of halogens is 1. The van der Waals surface area contributed by atoms with Crippen molar-refractivity contribution in [3.8, 4) is 6.07 Å². The normalized spacial score (nSPS) is 16.7. The van der Waals surface area contributed by atoms with Crippen molar-refractivity contribution in [3.63, 3.8) is 0 Å². The molecule has 142 valence electrons. The maximum absolute atomic E-state index is 12.9. The van der Waals surface area contributed by atoms with Gasteiger partial charge in [-0.15, -0.1) is 0 Å². The lowest BCUT2D eigenvalue weighted by Crippen LogP contribution is -2.36. The van der Waals surface area contributed by atoms with E-state index in [1.807, 2.05) is 6.92 Å². The molecule has 6 nitrogen and oxygen atoms in total. The Morgan fingerprint density at radius 2 is 2.00 bits per heavy atom. The van der Waals surface area contributed by atoms with Gasteiger partial charge in [0, 0.05) is 31.7 Å². The lowest BCUT2D eigenvalue weighted by molar-refractivity contribution is 0.0752. The quantitative estimate of drug-likeness (QED) is 0.738. The van der Waals surface area contributed by atoms with Crippen molar-refractivity contribution in [2.45, 2.75) is 38.0 Å². The summed E-state index contributed by atoms with van der Waals surface area (Å²) in [6.07, 6.45) is 2.66. The van der Waals surface area contributed by atoms with E-state index in [0.29, 0.717) is 26.2 Å². The Balaban J connectivity index is 2.34. The van der Waals surface area contributed by atoms with Crippen LogP contribution in [-0.4, -0.2) is 49.7 Å². The summed E-state index contributed by atoms with van der Waals surface area (Å²) < 4.78 is 27.3. The lowest BCUT2D eigenvalue weighted by Gasteiger charge is -2.27. The van der Waals surface area contributed by atoms with Gasteiger partial charge in [0.15, 0.2) is 0 Å². The van der Waals surface area contributed by atoms with Gasteiger partial charge in [-0.2, -0.15) is 9.57 Å². The van der Waals surface area contributed by atoms with Crippen LogP contribution in [0.15, 0.2) is 23.1 Å². The van der Waals surface area contributed by atoms with Gasteiger partial charge in [-0.25, -0.2) is 8.42 Å². The second-order valence-electron chi connectivity index (χ2n) is 6.48. The van der Waals surface area contributed by atoms with E-state index >= 15 is 0 Å². The molecule has 1 heterocycles. The zero-order chi connectivity index (χ0) is 19.3. The molecule has 1 aromatic carbocycles. The van der Waals surface area contributed by atoms with Crippen molar-refractivity contribution >= 4 is 27.5 Å². The van der Waals surface area contributed by atoms with Crippen LogP contribution in [0.2, 0.25) is 5.02 Å². The number of carbonyl (C=O) groups excluding carboxylic acids is 1. The number of piperidine rings is 1. The van der Waals surface area contributed by atoms with Crippen LogP contribution in [0, 0.1) is 17.2 Å². The molecule has 0 radical (unpaired) electrons. The average Bonchev–Trinajstić information content (AvgIpc) is 2.66. The molecule has 26 heavy (non-hydrogen) atoms. The summed E-state index contributed by atoms with van der Waals surface area (Å²) in [7, 11) is -3.73. The van der Waals surface area contributed by atoms with Crippen LogP contribution >= 0.6 is 11.6 Å². The summed E-state index contributed by atoms with van der Waals surface area (Å²) in [4.78, 5) is 14.3. The molecular formula is C18H24ClN3O3S. The van der Waals surface area contributed by atoms with Crippen LogP contribution in [0.3, 0.4) is 0 Å². The van der Waals surface area contributed by atoms with Crippen molar-refractivity contribution in [1.82, 2.24) is 9.21 Å². The molecule has 0 bridgehead atoms. The first-order valence-electron chi connectivity index (χ1n) is 8.79. The summed E-state index contributed by atoms with van der Waals surface area (Å²) in [5, 5.41) is 9.08.